The molecule has 0 bridgehead atoms. The summed E-state index contributed by atoms with van der Waals surface area (Å²) in [5.74, 6) is 0. The molecule has 86 valence electrons. The quantitative estimate of drug-likeness (QED) is 0.427. The lowest BCUT2D eigenvalue weighted by Crippen LogP contribution is -2.50. The van der Waals surface area contributed by atoms with Crippen LogP contribution in [0.4, 0.5) is 0 Å². The first kappa shape index (κ1) is 14.3. The lowest BCUT2D eigenvalue weighted by Gasteiger charge is -2.26. The fourth-order valence-corrected chi connectivity index (χ4v) is 9.63. The third kappa shape index (κ3) is 8.89. The van der Waals surface area contributed by atoms with Crippen LogP contribution >= 0.6 is 0 Å². The van der Waals surface area contributed by atoms with E-state index in [0.29, 0.717) is 0 Å². The summed E-state index contributed by atoms with van der Waals surface area (Å²) in [6.07, 6.45) is 1.29. The summed E-state index contributed by atoms with van der Waals surface area (Å²) in [6.45, 7) is 12.4. The zero-order valence-electron chi connectivity index (χ0n) is 10.2. The summed E-state index contributed by atoms with van der Waals surface area (Å²) in [6, 6.07) is 1.37. The van der Waals surface area contributed by atoms with Crippen molar-refractivity contribution in [3.8, 4) is 0 Å². The van der Waals surface area contributed by atoms with Crippen LogP contribution < -0.4 is 15.7 Å². The van der Waals surface area contributed by atoms with Gasteiger partial charge in [-0.2, -0.15) is 0 Å². The number of nitrogens with one attached hydrogen (secondary N) is 2. The smallest absolute Gasteiger partial charge is 0.112 e. The van der Waals surface area contributed by atoms with Crippen LogP contribution in [-0.2, 0) is 0 Å². The zero-order chi connectivity index (χ0) is 11.0. The third-order valence-electron chi connectivity index (χ3n) is 2.16. The van der Waals surface area contributed by atoms with Crippen LogP contribution in [0.5, 0.6) is 0 Å². The number of hydrogen-bond acceptors (Lipinski definition) is 3. The molecule has 4 N–H and O–H groups in total. The van der Waals surface area contributed by atoms with Crippen molar-refractivity contribution >= 4 is 17.2 Å². The second-order valence-corrected chi connectivity index (χ2v) is 12.6. The Morgan fingerprint density at radius 2 is 1.86 bits per heavy atom. The van der Waals surface area contributed by atoms with E-state index in [1.165, 1.54) is 12.5 Å². The molecule has 0 atom stereocenters. The van der Waals surface area contributed by atoms with Gasteiger partial charge in [0.15, 0.2) is 0 Å². The lowest BCUT2D eigenvalue weighted by molar-refractivity contribution is 0.673. The molecule has 5 heteroatoms. The van der Waals surface area contributed by atoms with Crippen LogP contribution in [0.25, 0.3) is 0 Å². The molecule has 0 unspecified atom stereocenters. The van der Waals surface area contributed by atoms with Gasteiger partial charge in [0.05, 0.1) is 8.96 Å². The Labute approximate surface area is 91.6 Å². The highest BCUT2D eigenvalue weighted by atomic mass is 28.4. The van der Waals surface area contributed by atoms with E-state index in [4.69, 9.17) is 5.73 Å². The summed E-state index contributed by atoms with van der Waals surface area (Å²) in [5.41, 5.74) is 5.40. The first-order valence-corrected chi connectivity index (χ1v) is 11.8. The Kier molecular flexibility index (Phi) is 7.76. The molecule has 14 heavy (non-hydrogen) atoms. The number of nitrogens with two attached hydrogens (primary N) is 1. The van der Waals surface area contributed by atoms with Gasteiger partial charge in [-0.1, -0.05) is 26.2 Å². The molecule has 0 amide bonds. The van der Waals surface area contributed by atoms with Crippen molar-refractivity contribution in [2.24, 2.45) is 5.73 Å². The van der Waals surface area contributed by atoms with E-state index >= 15 is 0 Å². The van der Waals surface area contributed by atoms with E-state index in [9.17, 15) is 0 Å². The molecule has 0 radical (unpaired) electrons. The highest BCUT2D eigenvalue weighted by Gasteiger charge is 2.20. The van der Waals surface area contributed by atoms with Gasteiger partial charge in [-0.05, 0) is 19.0 Å². The van der Waals surface area contributed by atoms with Gasteiger partial charge in [-0.15, -0.1) is 0 Å². The van der Waals surface area contributed by atoms with E-state index in [1.807, 2.05) is 0 Å². The highest BCUT2D eigenvalue weighted by Crippen LogP contribution is 2.08. The average Bonchev–Trinajstić information content (AvgIpc) is 2.01. The summed E-state index contributed by atoms with van der Waals surface area (Å²) >= 11 is 0. The summed E-state index contributed by atoms with van der Waals surface area (Å²) in [4.78, 5) is 0. The predicted octanol–water partition coefficient (Wildman–Crippen LogP) is 0.703. The van der Waals surface area contributed by atoms with Crippen LogP contribution in [0.15, 0.2) is 0 Å². The molecule has 0 aliphatic rings. The lowest BCUT2D eigenvalue weighted by atomic mass is 10.5. The highest BCUT2D eigenvalue weighted by molar-refractivity contribution is 6.83. The van der Waals surface area contributed by atoms with Crippen LogP contribution in [0.1, 0.15) is 6.42 Å². The Morgan fingerprint density at radius 3 is 2.36 bits per heavy atom. The molecule has 0 aromatic heterocycles. The number of hydrogen-bond donors (Lipinski definition) is 3. The normalized spacial score (nSPS) is 12.4. The van der Waals surface area contributed by atoms with Gasteiger partial charge < -0.3 is 15.7 Å². The van der Waals surface area contributed by atoms with Gasteiger partial charge in [-0.25, -0.2) is 0 Å². The van der Waals surface area contributed by atoms with Gasteiger partial charge in [0.1, 0.15) is 8.24 Å². The first-order valence-electron chi connectivity index (χ1n) is 5.66. The van der Waals surface area contributed by atoms with Gasteiger partial charge in [0.25, 0.3) is 0 Å². The molecule has 0 saturated heterocycles. The molecule has 0 aromatic rings. The second kappa shape index (κ2) is 7.59. The van der Waals surface area contributed by atoms with Crippen molar-refractivity contribution in [2.45, 2.75) is 38.7 Å². The van der Waals surface area contributed by atoms with Crippen LogP contribution in [-0.4, -0.2) is 36.8 Å². The molecule has 3 nitrogen and oxygen atoms in total. The predicted molar refractivity (Wildman–Crippen MR) is 70.8 cm³/mol. The van der Waals surface area contributed by atoms with Gasteiger partial charge >= 0.3 is 0 Å². The number of rotatable bonds is 8. The maximum Gasteiger partial charge on any atom is 0.112 e. The van der Waals surface area contributed by atoms with E-state index in [2.05, 4.69) is 36.2 Å². The summed E-state index contributed by atoms with van der Waals surface area (Å²) in [7, 11) is -1.68. The Balaban J connectivity index is 3.45. The fraction of sp³-hybridized carbons (Fsp3) is 1.00. The maximum absolute atomic E-state index is 5.40. The van der Waals surface area contributed by atoms with E-state index < -0.39 is 17.2 Å². The minimum absolute atomic E-state index is 0.589. The summed E-state index contributed by atoms with van der Waals surface area (Å²) in [5, 5.41) is 3.34. The van der Waals surface area contributed by atoms with Crippen LogP contribution in [0.2, 0.25) is 32.2 Å². The van der Waals surface area contributed by atoms with Crippen molar-refractivity contribution in [2.75, 3.05) is 19.6 Å². The summed E-state index contributed by atoms with van der Waals surface area (Å²) < 4.78 is 3.84. The minimum atomic E-state index is -1.09. The average molecular weight is 234 g/mol. The van der Waals surface area contributed by atoms with Crippen molar-refractivity contribution in [3.05, 3.63) is 0 Å². The largest absolute Gasteiger partial charge is 0.362 e. The molecular formula is C9H27N3Si2. The van der Waals surface area contributed by atoms with Crippen molar-refractivity contribution < 1.29 is 0 Å². The topological polar surface area (TPSA) is 50.1 Å². The molecule has 0 heterocycles. The van der Waals surface area contributed by atoms with E-state index in [0.717, 1.165) is 19.6 Å². The first-order chi connectivity index (χ1) is 6.48. The molecular weight excluding hydrogens is 206 g/mol. The zero-order valence-corrected chi connectivity index (χ0v) is 12.3. The minimum Gasteiger partial charge on any atom is -0.362 e. The standard InChI is InChI=1S/C9H27N3Si2/c1-13(2)12-14(3,4)9-5-7-11-8-6-10/h11-13H,5-10H2,1-4H3. The molecule has 0 spiro atoms. The van der Waals surface area contributed by atoms with Crippen molar-refractivity contribution in [1.29, 1.82) is 0 Å². The Bertz CT molecular complexity index is 140. The SMILES string of the molecule is C[SiH](C)N[Si](C)(C)CCCNCCN. The molecule has 0 aliphatic carbocycles. The van der Waals surface area contributed by atoms with Crippen LogP contribution in [0, 0.1) is 0 Å². The Hall–Kier alpha value is 0.314. The molecule has 0 rings (SSSR count). The molecule has 0 saturated carbocycles. The third-order valence-corrected chi connectivity index (χ3v) is 9.19. The van der Waals surface area contributed by atoms with Gasteiger partial charge in [0.2, 0.25) is 0 Å². The monoisotopic (exact) mass is 233 g/mol. The second-order valence-electron chi connectivity index (χ2n) is 4.83. The van der Waals surface area contributed by atoms with Crippen molar-refractivity contribution in [3.63, 3.8) is 0 Å². The van der Waals surface area contributed by atoms with Crippen molar-refractivity contribution in [1.82, 2.24) is 9.96 Å². The maximum atomic E-state index is 5.40. The fourth-order valence-electron chi connectivity index (χ4n) is 1.74. The molecule has 0 fully saturated rings. The van der Waals surface area contributed by atoms with Gasteiger partial charge in [-0.3, -0.25) is 0 Å². The van der Waals surface area contributed by atoms with Gasteiger partial charge in [0, 0.05) is 13.1 Å². The Morgan fingerprint density at radius 1 is 1.21 bits per heavy atom. The van der Waals surface area contributed by atoms with E-state index in [1.54, 1.807) is 0 Å². The van der Waals surface area contributed by atoms with E-state index in [-0.39, 0.29) is 0 Å². The molecule has 0 aromatic carbocycles. The molecule has 0 aliphatic heterocycles. The van der Waals surface area contributed by atoms with Crippen LogP contribution in [0.3, 0.4) is 0 Å².